The number of hydrogen-bond acceptors (Lipinski definition) is 2. The maximum atomic E-state index is 13.2. The van der Waals surface area contributed by atoms with Crippen LogP contribution in [0.15, 0.2) is 22.7 Å². The zero-order chi connectivity index (χ0) is 13.8. The highest BCUT2D eigenvalue weighted by atomic mass is 79.9. The summed E-state index contributed by atoms with van der Waals surface area (Å²) < 4.78 is 19.1. The first-order valence-electron chi connectivity index (χ1n) is 6.07. The van der Waals surface area contributed by atoms with Crippen LogP contribution < -0.4 is 5.32 Å². The van der Waals surface area contributed by atoms with Crippen molar-refractivity contribution in [2.24, 2.45) is 0 Å². The maximum Gasteiger partial charge on any atom is 0.137 e. The van der Waals surface area contributed by atoms with Crippen LogP contribution in [0.3, 0.4) is 0 Å². The molecule has 1 rings (SSSR count). The van der Waals surface area contributed by atoms with E-state index in [0.29, 0.717) is 4.47 Å². The summed E-state index contributed by atoms with van der Waals surface area (Å²) in [6.07, 6.45) is 1.87. The highest BCUT2D eigenvalue weighted by molar-refractivity contribution is 9.10. The lowest BCUT2D eigenvalue weighted by atomic mass is 9.95. The zero-order valence-corrected chi connectivity index (χ0v) is 13.0. The molecule has 2 nitrogen and oxygen atoms in total. The van der Waals surface area contributed by atoms with Crippen molar-refractivity contribution >= 4 is 15.9 Å². The number of halogens is 2. The summed E-state index contributed by atoms with van der Waals surface area (Å²) in [5.74, 6) is -0.231. The molecule has 102 valence electrons. The minimum Gasteiger partial charge on any atom is -0.379 e. The van der Waals surface area contributed by atoms with E-state index in [1.165, 1.54) is 6.07 Å². The van der Waals surface area contributed by atoms with Crippen molar-refractivity contribution in [3.63, 3.8) is 0 Å². The molecular weight excluding hydrogens is 297 g/mol. The summed E-state index contributed by atoms with van der Waals surface area (Å²) >= 11 is 3.22. The molecule has 18 heavy (non-hydrogen) atoms. The summed E-state index contributed by atoms with van der Waals surface area (Å²) in [5, 5.41) is 3.26. The van der Waals surface area contributed by atoms with E-state index in [0.717, 1.165) is 18.4 Å². The molecule has 0 amide bonds. The molecule has 1 N–H and O–H groups in total. The topological polar surface area (TPSA) is 21.3 Å². The SMILES string of the molecule is CNC(CCC(C)(C)OC)c1ccc(F)c(Br)c1. The normalized spacial score (nSPS) is 13.7. The first-order valence-corrected chi connectivity index (χ1v) is 6.86. The summed E-state index contributed by atoms with van der Waals surface area (Å²) in [6, 6.07) is 5.35. The van der Waals surface area contributed by atoms with Crippen LogP contribution in [0.1, 0.15) is 38.3 Å². The van der Waals surface area contributed by atoms with Gasteiger partial charge in [-0.25, -0.2) is 4.39 Å². The Morgan fingerprint density at radius 3 is 2.61 bits per heavy atom. The lowest BCUT2D eigenvalue weighted by molar-refractivity contribution is 0.0118. The van der Waals surface area contributed by atoms with Gasteiger partial charge in [-0.15, -0.1) is 0 Å². The van der Waals surface area contributed by atoms with Crippen molar-refractivity contribution in [1.29, 1.82) is 0 Å². The average molecular weight is 318 g/mol. The Kier molecular flexibility index (Phi) is 5.76. The molecule has 1 atom stereocenters. The Hall–Kier alpha value is -0.450. The first kappa shape index (κ1) is 15.6. The third-order valence-corrected chi connectivity index (χ3v) is 3.89. The van der Waals surface area contributed by atoms with Crippen LogP contribution in [0.25, 0.3) is 0 Å². The molecule has 0 heterocycles. The van der Waals surface area contributed by atoms with E-state index >= 15 is 0 Å². The second-order valence-corrected chi connectivity index (χ2v) is 5.87. The third-order valence-electron chi connectivity index (χ3n) is 3.28. The molecule has 0 bridgehead atoms. The summed E-state index contributed by atoms with van der Waals surface area (Å²) in [5.41, 5.74) is 0.949. The summed E-state index contributed by atoms with van der Waals surface area (Å²) in [4.78, 5) is 0. The molecule has 0 aliphatic heterocycles. The van der Waals surface area contributed by atoms with Gasteiger partial charge < -0.3 is 10.1 Å². The predicted octanol–water partition coefficient (Wildman–Crippen LogP) is 4.05. The van der Waals surface area contributed by atoms with Gasteiger partial charge in [0.1, 0.15) is 5.82 Å². The molecule has 0 saturated heterocycles. The average Bonchev–Trinajstić information content (AvgIpc) is 2.34. The monoisotopic (exact) mass is 317 g/mol. The molecule has 0 aromatic heterocycles. The van der Waals surface area contributed by atoms with Gasteiger partial charge in [0.15, 0.2) is 0 Å². The smallest absolute Gasteiger partial charge is 0.137 e. The number of ether oxygens (including phenoxy) is 1. The molecule has 1 aromatic carbocycles. The van der Waals surface area contributed by atoms with Gasteiger partial charge in [0.05, 0.1) is 10.1 Å². The van der Waals surface area contributed by atoms with Crippen molar-refractivity contribution in [3.05, 3.63) is 34.1 Å². The van der Waals surface area contributed by atoms with Crippen LogP contribution in [-0.2, 0) is 4.74 Å². The molecule has 0 fully saturated rings. The molecular formula is C14H21BrFNO. The molecule has 1 unspecified atom stereocenters. The number of benzene rings is 1. The number of hydrogen-bond donors (Lipinski definition) is 1. The zero-order valence-electron chi connectivity index (χ0n) is 11.4. The molecule has 0 spiro atoms. The van der Waals surface area contributed by atoms with Crippen molar-refractivity contribution in [2.75, 3.05) is 14.2 Å². The Morgan fingerprint density at radius 2 is 2.11 bits per heavy atom. The highest BCUT2D eigenvalue weighted by Gasteiger charge is 2.19. The van der Waals surface area contributed by atoms with Gasteiger partial charge in [-0.1, -0.05) is 6.07 Å². The van der Waals surface area contributed by atoms with E-state index in [-0.39, 0.29) is 17.5 Å². The van der Waals surface area contributed by atoms with Crippen LogP contribution in [-0.4, -0.2) is 19.8 Å². The minimum atomic E-state index is -0.231. The van der Waals surface area contributed by atoms with Crippen molar-refractivity contribution < 1.29 is 9.13 Å². The van der Waals surface area contributed by atoms with E-state index in [1.54, 1.807) is 7.11 Å². The second kappa shape index (κ2) is 6.64. The fourth-order valence-electron chi connectivity index (χ4n) is 1.80. The fourth-order valence-corrected chi connectivity index (χ4v) is 2.20. The quantitative estimate of drug-likeness (QED) is 0.854. The van der Waals surface area contributed by atoms with Crippen LogP contribution >= 0.6 is 15.9 Å². The van der Waals surface area contributed by atoms with Crippen LogP contribution in [0.4, 0.5) is 4.39 Å². The van der Waals surface area contributed by atoms with E-state index in [9.17, 15) is 4.39 Å². The van der Waals surface area contributed by atoms with Crippen molar-refractivity contribution in [1.82, 2.24) is 5.32 Å². The van der Waals surface area contributed by atoms with E-state index in [4.69, 9.17) is 4.74 Å². The lowest BCUT2D eigenvalue weighted by Gasteiger charge is -2.26. The van der Waals surface area contributed by atoms with E-state index in [1.807, 2.05) is 19.2 Å². The Morgan fingerprint density at radius 1 is 1.44 bits per heavy atom. The number of rotatable bonds is 6. The third kappa shape index (κ3) is 4.34. The van der Waals surface area contributed by atoms with E-state index in [2.05, 4.69) is 35.1 Å². The van der Waals surface area contributed by atoms with Gasteiger partial charge >= 0.3 is 0 Å². The maximum absolute atomic E-state index is 13.2. The number of nitrogens with one attached hydrogen (secondary N) is 1. The van der Waals surface area contributed by atoms with E-state index < -0.39 is 0 Å². The number of methoxy groups -OCH3 is 1. The second-order valence-electron chi connectivity index (χ2n) is 5.02. The van der Waals surface area contributed by atoms with Gasteiger partial charge in [0, 0.05) is 13.2 Å². The first-order chi connectivity index (χ1) is 8.39. The van der Waals surface area contributed by atoms with Gasteiger partial charge in [-0.3, -0.25) is 0 Å². The highest BCUT2D eigenvalue weighted by Crippen LogP contribution is 2.27. The Balaban J connectivity index is 2.74. The van der Waals surface area contributed by atoms with Crippen molar-refractivity contribution in [2.45, 2.75) is 38.3 Å². The predicted molar refractivity (Wildman–Crippen MR) is 76.2 cm³/mol. The van der Waals surface area contributed by atoms with Crippen LogP contribution in [0.2, 0.25) is 0 Å². The van der Waals surface area contributed by atoms with Gasteiger partial charge in [0.25, 0.3) is 0 Å². The summed E-state index contributed by atoms with van der Waals surface area (Å²) in [7, 11) is 3.64. The van der Waals surface area contributed by atoms with Gasteiger partial charge in [-0.2, -0.15) is 0 Å². The van der Waals surface area contributed by atoms with Crippen LogP contribution in [0.5, 0.6) is 0 Å². The lowest BCUT2D eigenvalue weighted by Crippen LogP contribution is -2.26. The largest absolute Gasteiger partial charge is 0.379 e. The van der Waals surface area contributed by atoms with Crippen molar-refractivity contribution in [3.8, 4) is 0 Å². The molecule has 0 aliphatic carbocycles. The van der Waals surface area contributed by atoms with Gasteiger partial charge in [-0.05, 0) is 67.4 Å². The fraction of sp³-hybridized carbons (Fsp3) is 0.571. The molecule has 0 aliphatic rings. The molecule has 1 aromatic rings. The molecule has 0 saturated carbocycles. The standard InChI is InChI=1S/C14H21BrFNO/c1-14(2,18-4)8-7-13(17-3)10-5-6-12(16)11(15)9-10/h5-6,9,13,17H,7-8H2,1-4H3. The van der Waals surface area contributed by atoms with Gasteiger partial charge in [0.2, 0.25) is 0 Å². The Bertz CT molecular complexity index is 395. The summed E-state index contributed by atoms with van der Waals surface area (Å²) in [6.45, 7) is 4.14. The minimum absolute atomic E-state index is 0.133. The van der Waals surface area contributed by atoms with Crippen LogP contribution in [0, 0.1) is 5.82 Å². The Labute approximate surface area is 117 Å². The molecule has 0 radical (unpaired) electrons. The molecule has 4 heteroatoms.